The second-order valence-electron chi connectivity index (χ2n) is 9.37. The minimum absolute atomic E-state index is 0.127. The number of alkyl halides is 6. The second-order valence-corrected chi connectivity index (χ2v) is 9.78. The smallest absolute Gasteiger partial charge is 0.352 e. The van der Waals surface area contributed by atoms with Gasteiger partial charge in [-0.3, -0.25) is 9.59 Å². The van der Waals surface area contributed by atoms with Gasteiger partial charge in [-0.25, -0.2) is 4.98 Å². The number of nitrogens with zero attached hydrogens (tertiary/aromatic N) is 2. The maximum atomic E-state index is 13.2. The second kappa shape index (κ2) is 10.6. The zero-order chi connectivity index (χ0) is 28.6. The highest BCUT2D eigenvalue weighted by molar-refractivity contribution is 6.33. The highest BCUT2D eigenvalue weighted by Crippen LogP contribution is 2.57. The van der Waals surface area contributed by atoms with Gasteiger partial charge in [0, 0.05) is 32.1 Å². The van der Waals surface area contributed by atoms with Crippen molar-refractivity contribution in [3.63, 3.8) is 0 Å². The SMILES string of the molecule is Cn1c(Nc2cc(CNC(=O)C3(C(F)(F)F)CC3)ccc2Cl)nc2cc(C(=O)NCCCC(F)(F)F)ccc21. The molecule has 1 heterocycles. The van der Waals surface area contributed by atoms with Crippen molar-refractivity contribution in [1.82, 2.24) is 20.2 Å². The molecule has 0 aliphatic heterocycles. The predicted molar refractivity (Wildman–Crippen MR) is 133 cm³/mol. The average Bonchev–Trinajstić information content (AvgIpc) is 3.62. The summed E-state index contributed by atoms with van der Waals surface area (Å²) in [6.45, 7) is -0.260. The number of fused-ring (bicyclic) bond motifs is 1. The predicted octanol–water partition coefficient (Wildman–Crippen LogP) is 6.00. The topological polar surface area (TPSA) is 88.1 Å². The summed E-state index contributed by atoms with van der Waals surface area (Å²) in [4.78, 5) is 29.0. The van der Waals surface area contributed by atoms with E-state index in [-0.39, 0.29) is 37.9 Å². The molecule has 1 fully saturated rings. The van der Waals surface area contributed by atoms with Gasteiger partial charge in [0.2, 0.25) is 11.9 Å². The normalized spacial score (nSPS) is 14.8. The third kappa shape index (κ3) is 6.40. The van der Waals surface area contributed by atoms with E-state index in [0.29, 0.717) is 33.3 Å². The van der Waals surface area contributed by atoms with Gasteiger partial charge < -0.3 is 20.5 Å². The van der Waals surface area contributed by atoms with Gasteiger partial charge in [-0.15, -0.1) is 0 Å². The van der Waals surface area contributed by atoms with E-state index in [2.05, 4.69) is 20.9 Å². The van der Waals surface area contributed by atoms with E-state index in [1.165, 1.54) is 18.2 Å². The summed E-state index contributed by atoms with van der Waals surface area (Å²) in [5, 5.41) is 8.15. The molecule has 2 aromatic carbocycles. The van der Waals surface area contributed by atoms with Gasteiger partial charge in [-0.1, -0.05) is 17.7 Å². The van der Waals surface area contributed by atoms with E-state index < -0.39 is 36.0 Å². The van der Waals surface area contributed by atoms with Crippen molar-refractivity contribution in [2.75, 3.05) is 11.9 Å². The number of rotatable bonds is 9. The number of imidazole rings is 1. The lowest BCUT2D eigenvalue weighted by Crippen LogP contribution is -2.40. The number of hydrogen-bond donors (Lipinski definition) is 3. The first-order chi connectivity index (χ1) is 18.2. The van der Waals surface area contributed by atoms with Crippen LogP contribution in [0.4, 0.5) is 38.0 Å². The number of nitrogens with one attached hydrogen (secondary N) is 3. The molecule has 0 bridgehead atoms. The maximum Gasteiger partial charge on any atom is 0.403 e. The van der Waals surface area contributed by atoms with Crippen molar-refractivity contribution in [2.24, 2.45) is 12.5 Å². The van der Waals surface area contributed by atoms with Crippen LogP contribution in [0, 0.1) is 5.41 Å². The molecule has 1 aliphatic carbocycles. The molecule has 0 radical (unpaired) electrons. The van der Waals surface area contributed by atoms with Crippen molar-refractivity contribution in [1.29, 1.82) is 0 Å². The van der Waals surface area contributed by atoms with Crippen LogP contribution in [-0.4, -0.2) is 40.3 Å². The van der Waals surface area contributed by atoms with Crippen molar-refractivity contribution in [2.45, 2.75) is 44.6 Å². The maximum absolute atomic E-state index is 13.2. The van der Waals surface area contributed by atoms with Crippen LogP contribution in [0.15, 0.2) is 36.4 Å². The monoisotopic (exact) mass is 575 g/mol. The van der Waals surface area contributed by atoms with E-state index in [4.69, 9.17) is 11.6 Å². The van der Waals surface area contributed by atoms with Crippen molar-refractivity contribution < 1.29 is 35.9 Å². The molecule has 0 unspecified atom stereocenters. The molecular weight excluding hydrogens is 552 g/mol. The Bertz CT molecular complexity index is 1400. The fourth-order valence-corrected chi connectivity index (χ4v) is 4.22. The van der Waals surface area contributed by atoms with Crippen molar-refractivity contribution in [3.05, 3.63) is 52.5 Å². The molecule has 0 atom stereocenters. The Morgan fingerprint density at radius 1 is 1.05 bits per heavy atom. The lowest BCUT2D eigenvalue weighted by Gasteiger charge is -2.18. The summed E-state index contributed by atoms with van der Waals surface area (Å²) >= 11 is 6.30. The quantitative estimate of drug-likeness (QED) is 0.216. The summed E-state index contributed by atoms with van der Waals surface area (Å²) in [5.41, 5.74) is -0.108. The molecule has 1 saturated carbocycles. The van der Waals surface area contributed by atoms with Gasteiger partial charge in [-0.2, -0.15) is 26.3 Å². The number of aryl methyl sites for hydroxylation is 1. The van der Waals surface area contributed by atoms with E-state index >= 15 is 0 Å². The summed E-state index contributed by atoms with van der Waals surface area (Å²) in [5.74, 6) is -1.25. The Hall–Kier alpha value is -3.48. The van der Waals surface area contributed by atoms with Crippen LogP contribution in [-0.2, 0) is 18.4 Å². The van der Waals surface area contributed by atoms with Crippen LogP contribution in [0.1, 0.15) is 41.6 Å². The summed E-state index contributed by atoms with van der Waals surface area (Å²) in [7, 11) is 1.71. The molecule has 14 heteroatoms. The fourth-order valence-electron chi connectivity index (χ4n) is 4.06. The number of aromatic nitrogens is 2. The Labute approximate surface area is 223 Å². The molecule has 1 aromatic heterocycles. The zero-order valence-corrected chi connectivity index (χ0v) is 21.3. The van der Waals surface area contributed by atoms with E-state index in [0.717, 1.165) is 0 Å². The average molecular weight is 576 g/mol. The minimum atomic E-state index is -4.60. The summed E-state index contributed by atoms with van der Waals surface area (Å²) in [6, 6.07) is 9.36. The molecule has 7 nitrogen and oxygen atoms in total. The summed E-state index contributed by atoms with van der Waals surface area (Å²) < 4.78 is 78.1. The first-order valence-corrected chi connectivity index (χ1v) is 12.3. The van der Waals surface area contributed by atoms with Crippen LogP contribution < -0.4 is 16.0 Å². The van der Waals surface area contributed by atoms with Gasteiger partial charge in [-0.05, 0) is 55.2 Å². The highest BCUT2D eigenvalue weighted by atomic mass is 35.5. The summed E-state index contributed by atoms with van der Waals surface area (Å²) in [6.07, 6.45) is -10.6. The number of amides is 2. The molecule has 0 spiro atoms. The molecule has 4 rings (SSSR count). The first kappa shape index (κ1) is 28.5. The number of carbonyl (C=O) groups excluding carboxylic acids is 2. The van der Waals surface area contributed by atoms with Gasteiger partial charge in [0.15, 0.2) is 0 Å². The van der Waals surface area contributed by atoms with E-state index in [1.807, 2.05) is 0 Å². The Balaban J connectivity index is 1.44. The Morgan fingerprint density at radius 3 is 2.41 bits per heavy atom. The number of hydrogen-bond acceptors (Lipinski definition) is 4. The number of carbonyl (C=O) groups is 2. The van der Waals surface area contributed by atoms with Crippen molar-refractivity contribution >= 4 is 46.1 Å². The molecule has 210 valence electrons. The van der Waals surface area contributed by atoms with Gasteiger partial charge in [0.1, 0.15) is 5.41 Å². The first-order valence-electron chi connectivity index (χ1n) is 11.9. The highest BCUT2D eigenvalue weighted by Gasteiger charge is 2.68. The van der Waals surface area contributed by atoms with Gasteiger partial charge >= 0.3 is 12.4 Å². The third-order valence-corrected chi connectivity index (χ3v) is 6.85. The van der Waals surface area contributed by atoms with Crippen LogP contribution in [0.25, 0.3) is 11.0 Å². The molecular formula is C25H24ClF6N5O2. The molecule has 0 saturated heterocycles. The lowest BCUT2D eigenvalue weighted by atomic mass is 10.1. The fraction of sp³-hybridized carbons (Fsp3) is 0.400. The molecule has 39 heavy (non-hydrogen) atoms. The third-order valence-electron chi connectivity index (χ3n) is 6.52. The van der Waals surface area contributed by atoms with Gasteiger partial charge in [0.25, 0.3) is 5.91 Å². The molecule has 3 aromatic rings. The number of benzene rings is 2. The van der Waals surface area contributed by atoms with E-state index in [1.54, 1.807) is 29.8 Å². The standard InChI is InChI=1S/C25H24ClF6N5O2/c1-37-19-6-4-15(20(38)33-10-2-7-24(27,28)29)12-18(19)36-22(37)35-17-11-14(3-5-16(17)26)13-34-21(39)23(8-9-23)25(30,31)32/h3-6,11-12H,2,7-10,13H2,1H3,(H,33,38)(H,34,39)(H,35,36). The van der Waals surface area contributed by atoms with Crippen LogP contribution in [0.5, 0.6) is 0 Å². The van der Waals surface area contributed by atoms with Crippen molar-refractivity contribution in [3.8, 4) is 0 Å². The molecule has 3 N–H and O–H groups in total. The minimum Gasteiger partial charge on any atom is -0.352 e. The van der Waals surface area contributed by atoms with Crippen LogP contribution >= 0.6 is 11.6 Å². The Kier molecular flexibility index (Phi) is 7.75. The van der Waals surface area contributed by atoms with Crippen LogP contribution in [0.3, 0.4) is 0 Å². The van der Waals surface area contributed by atoms with E-state index in [9.17, 15) is 35.9 Å². The molecule has 1 aliphatic rings. The lowest BCUT2D eigenvalue weighted by molar-refractivity contribution is -0.192. The largest absolute Gasteiger partial charge is 0.403 e. The number of halogens is 7. The zero-order valence-electron chi connectivity index (χ0n) is 20.6. The van der Waals surface area contributed by atoms with Gasteiger partial charge in [0.05, 0.1) is 21.7 Å². The van der Waals surface area contributed by atoms with Crippen LogP contribution in [0.2, 0.25) is 5.02 Å². The molecule has 2 amide bonds. The Morgan fingerprint density at radius 2 is 1.77 bits per heavy atom. The number of anilines is 2.